The summed E-state index contributed by atoms with van der Waals surface area (Å²) in [6.45, 7) is 1.92. The summed E-state index contributed by atoms with van der Waals surface area (Å²) < 4.78 is 0. The molecule has 1 atom stereocenters. The smallest absolute Gasteiger partial charge is 0.113 e. The van der Waals surface area contributed by atoms with Gasteiger partial charge in [-0.1, -0.05) is 6.07 Å². The third-order valence-corrected chi connectivity index (χ3v) is 3.26. The highest BCUT2D eigenvalue weighted by Crippen LogP contribution is 2.26. The molecule has 78 valence electrons. The molecule has 1 aliphatic carbocycles. The maximum atomic E-state index is 8.87. The topological polar surface area (TPSA) is 27.0 Å². The number of hydrogen-bond donors (Lipinski definition) is 0. The lowest BCUT2D eigenvalue weighted by atomic mass is 10.1. The van der Waals surface area contributed by atoms with E-state index in [0.717, 1.165) is 5.69 Å². The Kier molecular flexibility index (Phi) is 2.64. The monoisotopic (exact) mass is 200 g/mol. The Hall–Kier alpha value is -1.49. The zero-order valence-corrected chi connectivity index (χ0v) is 9.33. The third-order valence-electron chi connectivity index (χ3n) is 3.26. The van der Waals surface area contributed by atoms with E-state index >= 15 is 0 Å². The first-order valence-electron chi connectivity index (χ1n) is 5.46. The minimum absolute atomic E-state index is 0.0653. The van der Waals surface area contributed by atoms with Crippen LogP contribution in [0.4, 0.5) is 5.69 Å². The van der Waals surface area contributed by atoms with Crippen LogP contribution in [0.3, 0.4) is 0 Å². The summed E-state index contributed by atoms with van der Waals surface area (Å²) in [5.41, 5.74) is 4.10. The van der Waals surface area contributed by atoms with Gasteiger partial charge in [-0.15, -0.1) is 0 Å². The van der Waals surface area contributed by atoms with Crippen molar-refractivity contribution in [2.75, 3.05) is 11.9 Å². The highest BCUT2D eigenvalue weighted by Gasteiger charge is 2.14. The Morgan fingerprint density at radius 1 is 1.33 bits per heavy atom. The molecule has 0 amide bonds. The number of benzene rings is 1. The van der Waals surface area contributed by atoms with Crippen molar-refractivity contribution in [2.24, 2.45) is 0 Å². The first kappa shape index (κ1) is 10.0. The van der Waals surface area contributed by atoms with E-state index in [2.05, 4.69) is 24.3 Å². The average molecular weight is 200 g/mol. The van der Waals surface area contributed by atoms with Gasteiger partial charge in [0.15, 0.2) is 0 Å². The maximum absolute atomic E-state index is 8.87. The van der Waals surface area contributed by atoms with Crippen LogP contribution < -0.4 is 4.90 Å². The second-order valence-electron chi connectivity index (χ2n) is 4.22. The van der Waals surface area contributed by atoms with E-state index in [-0.39, 0.29) is 6.04 Å². The Morgan fingerprint density at radius 2 is 2.07 bits per heavy atom. The number of aryl methyl sites for hydroxylation is 2. The summed E-state index contributed by atoms with van der Waals surface area (Å²) in [5, 5.41) is 8.87. The summed E-state index contributed by atoms with van der Waals surface area (Å²) in [5.74, 6) is 0. The van der Waals surface area contributed by atoms with Crippen LogP contribution in [0.5, 0.6) is 0 Å². The molecule has 1 aromatic rings. The van der Waals surface area contributed by atoms with Gasteiger partial charge >= 0.3 is 0 Å². The molecule has 0 fully saturated rings. The number of anilines is 1. The predicted octanol–water partition coefficient (Wildman–Crippen LogP) is 2.52. The third kappa shape index (κ3) is 1.83. The summed E-state index contributed by atoms with van der Waals surface area (Å²) in [6.07, 6.45) is 3.68. The second kappa shape index (κ2) is 3.94. The van der Waals surface area contributed by atoms with Gasteiger partial charge in [0.1, 0.15) is 6.04 Å². The normalized spacial score (nSPS) is 15.5. The predicted molar refractivity (Wildman–Crippen MR) is 61.9 cm³/mol. The maximum Gasteiger partial charge on any atom is 0.113 e. The quantitative estimate of drug-likeness (QED) is 0.733. The molecule has 1 aromatic carbocycles. The number of fused-ring (bicyclic) bond motifs is 1. The van der Waals surface area contributed by atoms with Crippen LogP contribution in [0.1, 0.15) is 24.5 Å². The highest BCUT2D eigenvalue weighted by molar-refractivity contribution is 5.53. The van der Waals surface area contributed by atoms with Gasteiger partial charge in [-0.05, 0) is 49.4 Å². The molecule has 1 aliphatic rings. The first-order chi connectivity index (χ1) is 7.22. The Morgan fingerprint density at radius 3 is 2.80 bits per heavy atom. The molecular formula is C13H16N2. The largest absolute Gasteiger partial charge is 0.359 e. The summed E-state index contributed by atoms with van der Waals surface area (Å²) in [7, 11) is 1.98. The first-order valence-corrected chi connectivity index (χ1v) is 5.46. The van der Waals surface area contributed by atoms with Gasteiger partial charge in [0.25, 0.3) is 0 Å². The molecule has 0 aromatic heterocycles. The molecule has 0 saturated carbocycles. The lowest BCUT2D eigenvalue weighted by Crippen LogP contribution is -2.27. The molecule has 0 aliphatic heterocycles. The van der Waals surface area contributed by atoms with Crippen LogP contribution in [0.2, 0.25) is 0 Å². The molecule has 1 unspecified atom stereocenters. The Labute approximate surface area is 91.1 Å². The number of nitriles is 1. The molecule has 0 N–H and O–H groups in total. The van der Waals surface area contributed by atoms with Crippen LogP contribution in [0, 0.1) is 11.3 Å². The van der Waals surface area contributed by atoms with Crippen molar-refractivity contribution in [1.29, 1.82) is 5.26 Å². The summed E-state index contributed by atoms with van der Waals surface area (Å²) in [4.78, 5) is 2.03. The highest BCUT2D eigenvalue weighted by atomic mass is 15.1. The lowest BCUT2D eigenvalue weighted by molar-refractivity contribution is 0.834. The van der Waals surface area contributed by atoms with E-state index in [1.54, 1.807) is 0 Å². The number of hydrogen-bond acceptors (Lipinski definition) is 2. The molecule has 15 heavy (non-hydrogen) atoms. The Bertz CT molecular complexity index is 403. The van der Waals surface area contributed by atoms with Crippen molar-refractivity contribution in [1.82, 2.24) is 0 Å². The van der Waals surface area contributed by atoms with Gasteiger partial charge in [0.05, 0.1) is 6.07 Å². The van der Waals surface area contributed by atoms with Crippen molar-refractivity contribution in [3.8, 4) is 6.07 Å². The standard InChI is InChI=1S/C13H16N2/c1-10(9-14)15(2)13-7-6-11-4-3-5-12(11)8-13/h6-8,10H,3-5H2,1-2H3. The Balaban J connectivity index is 2.27. The van der Waals surface area contributed by atoms with E-state index in [0.29, 0.717) is 0 Å². The van der Waals surface area contributed by atoms with Crippen LogP contribution in [-0.2, 0) is 12.8 Å². The fourth-order valence-electron chi connectivity index (χ4n) is 2.09. The van der Waals surface area contributed by atoms with Crippen LogP contribution in [-0.4, -0.2) is 13.1 Å². The van der Waals surface area contributed by atoms with Crippen LogP contribution >= 0.6 is 0 Å². The molecule has 2 heteroatoms. The van der Waals surface area contributed by atoms with E-state index in [9.17, 15) is 0 Å². The molecule has 0 saturated heterocycles. The summed E-state index contributed by atoms with van der Waals surface area (Å²) in [6, 6.07) is 8.75. The zero-order valence-electron chi connectivity index (χ0n) is 9.33. The van der Waals surface area contributed by atoms with Gasteiger partial charge in [0, 0.05) is 12.7 Å². The average Bonchev–Trinajstić information content (AvgIpc) is 2.73. The van der Waals surface area contributed by atoms with Crippen molar-refractivity contribution in [3.05, 3.63) is 29.3 Å². The van der Waals surface area contributed by atoms with E-state index in [4.69, 9.17) is 5.26 Å². The SMILES string of the molecule is CC(C#N)N(C)c1ccc2c(c1)CCC2. The molecule has 0 bridgehead atoms. The molecule has 0 spiro atoms. The fourth-order valence-corrected chi connectivity index (χ4v) is 2.09. The van der Waals surface area contributed by atoms with Gasteiger partial charge in [-0.2, -0.15) is 5.26 Å². The van der Waals surface area contributed by atoms with Crippen molar-refractivity contribution >= 4 is 5.69 Å². The second-order valence-corrected chi connectivity index (χ2v) is 4.22. The molecular weight excluding hydrogens is 184 g/mol. The molecule has 0 heterocycles. The summed E-state index contributed by atoms with van der Waals surface area (Å²) >= 11 is 0. The van der Waals surface area contributed by atoms with Crippen molar-refractivity contribution in [3.63, 3.8) is 0 Å². The molecule has 2 rings (SSSR count). The van der Waals surface area contributed by atoms with Gasteiger partial charge < -0.3 is 4.90 Å². The number of nitrogens with zero attached hydrogens (tertiary/aromatic N) is 2. The zero-order chi connectivity index (χ0) is 10.8. The van der Waals surface area contributed by atoms with E-state index in [1.807, 2.05) is 18.9 Å². The van der Waals surface area contributed by atoms with E-state index in [1.165, 1.54) is 30.4 Å². The molecule has 0 radical (unpaired) electrons. The fraction of sp³-hybridized carbons (Fsp3) is 0.462. The van der Waals surface area contributed by atoms with Crippen LogP contribution in [0.25, 0.3) is 0 Å². The minimum Gasteiger partial charge on any atom is -0.359 e. The van der Waals surface area contributed by atoms with E-state index < -0.39 is 0 Å². The minimum atomic E-state index is -0.0653. The van der Waals surface area contributed by atoms with Crippen molar-refractivity contribution < 1.29 is 0 Å². The van der Waals surface area contributed by atoms with Gasteiger partial charge in [0.2, 0.25) is 0 Å². The lowest BCUT2D eigenvalue weighted by Gasteiger charge is -2.22. The molecule has 2 nitrogen and oxygen atoms in total. The van der Waals surface area contributed by atoms with Gasteiger partial charge in [-0.3, -0.25) is 0 Å². The van der Waals surface area contributed by atoms with Crippen molar-refractivity contribution in [2.45, 2.75) is 32.2 Å². The van der Waals surface area contributed by atoms with Crippen LogP contribution in [0.15, 0.2) is 18.2 Å². The van der Waals surface area contributed by atoms with Gasteiger partial charge in [-0.25, -0.2) is 0 Å². The number of rotatable bonds is 2.